The van der Waals surface area contributed by atoms with Crippen molar-refractivity contribution in [1.82, 2.24) is 9.62 Å². The number of thiophene rings is 1. The maximum Gasteiger partial charge on any atom is 0.252 e. The summed E-state index contributed by atoms with van der Waals surface area (Å²) in [6.45, 7) is 5.53. The Kier molecular flexibility index (Phi) is 5.50. The molecule has 0 bridgehead atoms. The largest absolute Gasteiger partial charge is 0.464 e. The first kappa shape index (κ1) is 20.1. The second-order valence-corrected chi connectivity index (χ2v) is 10.8. The van der Waals surface area contributed by atoms with E-state index in [1.54, 1.807) is 18.4 Å². The molecule has 1 aliphatic heterocycles. The van der Waals surface area contributed by atoms with Gasteiger partial charge in [0.15, 0.2) is 0 Å². The van der Waals surface area contributed by atoms with Crippen LogP contribution in [0.3, 0.4) is 0 Å². The normalized spacial score (nSPS) is 15.2. The molecule has 4 rings (SSSR count). The van der Waals surface area contributed by atoms with Gasteiger partial charge in [0.1, 0.15) is 9.79 Å². The summed E-state index contributed by atoms with van der Waals surface area (Å²) in [4.78, 5) is 13.2. The molecule has 1 fully saturated rings. The minimum Gasteiger partial charge on any atom is -0.464 e. The Hall–Kier alpha value is -2.16. The van der Waals surface area contributed by atoms with E-state index in [0.717, 1.165) is 45.4 Å². The van der Waals surface area contributed by atoms with Crippen LogP contribution in [0.2, 0.25) is 0 Å². The summed E-state index contributed by atoms with van der Waals surface area (Å²) in [5.41, 5.74) is 3.91. The molecule has 2 aromatic heterocycles. The quantitative estimate of drug-likeness (QED) is 0.643. The van der Waals surface area contributed by atoms with Crippen molar-refractivity contribution in [2.24, 2.45) is 0 Å². The van der Waals surface area contributed by atoms with Gasteiger partial charge in [0.05, 0.1) is 19.2 Å². The van der Waals surface area contributed by atoms with Gasteiger partial charge in [-0.05, 0) is 49.9 Å². The summed E-state index contributed by atoms with van der Waals surface area (Å²) in [6, 6.07) is 7.42. The van der Waals surface area contributed by atoms with Crippen molar-refractivity contribution < 1.29 is 17.6 Å². The van der Waals surface area contributed by atoms with Gasteiger partial charge < -0.3 is 9.73 Å². The first-order valence-corrected chi connectivity index (χ1v) is 11.9. The number of nitrogens with one attached hydrogen (secondary N) is 1. The summed E-state index contributed by atoms with van der Waals surface area (Å²) in [7, 11) is -3.40. The highest BCUT2D eigenvalue weighted by Gasteiger charge is 2.28. The third kappa shape index (κ3) is 3.97. The van der Waals surface area contributed by atoms with E-state index >= 15 is 0 Å². The van der Waals surface area contributed by atoms with Gasteiger partial charge >= 0.3 is 0 Å². The molecule has 0 spiro atoms. The van der Waals surface area contributed by atoms with Crippen molar-refractivity contribution in [3.8, 4) is 0 Å². The van der Waals surface area contributed by atoms with E-state index in [1.807, 2.05) is 26.0 Å². The zero-order valence-electron chi connectivity index (χ0n) is 16.5. The summed E-state index contributed by atoms with van der Waals surface area (Å²) < 4.78 is 32.8. The Balaban J connectivity index is 1.39. The van der Waals surface area contributed by atoms with Crippen LogP contribution in [0, 0.1) is 13.8 Å². The zero-order valence-corrected chi connectivity index (χ0v) is 18.2. The average molecular weight is 433 g/mol. The van der Waals surface area contributed by atoms with Crippen LogP contribution in [-0.4, -0.2) is 31.7 Å². The molecule has 1 aliphatic rings. The fourth-order valence-corrected chi connectivity index (χ4v) is 6.56. The van der Waals surface area contributed by atoms with E-state index in [0.29, 0.717) is 23.8 Å². The first-order chi connectivity index (χ1) is 13.9. The number of carbonyl (C=O) groups excluding carboxylic acids is 1. The molecular formula is C21H24N2O4S2. The van der Waals surface area contributed by atoms with Crippen molar-refractivity contribution in [2.45, 2.75) is 43.9 Å². The van der Waals surface area contributed by atoms with Crippen LogP contribution in [0.1, 0.15) is 34.4 Å². The van der Waals surface area contributed by atoms with Gasteiger partial charge in [0.2, 0.25) is 5.91 Å². The molecule has 29 heavy (non-hydrogen) atoms. The van der Waals surface area contributed by atoms with Crippen LogP contribution in [0.25, 0.3) is 11.0 Å². The van der Waals surface area contributed by atoms with E-state index in [9.17, 15) is 13.2 Å². The third-order valence-corrected chi connectivity index (χ3v) is 8.90. The highest BCUT2D eigenvalue weighted by atomic mass is 32.2. The van der Waals surface area contributed by atoms with Crippen LogP contribution in [0.15, 0.2) is 39.2 Å². The van der Waals surface area contributed by atoms with E-state index in [1.165, 1.54) is 15.6 Å². The molecular weight excluding hydrogens is 408 g/mol. The molecule has 0 atom stereocenters. The Labute approximate surface area is 174 Å². The van der Waals surface area contributed by atoms with E-state index in [2.05, 4.69) is 5.32 Å². The lowest BCUT2D eigenvalue weighted by Crippen LogP contribution is -2.27. The van der Waals surface area contributed by atoms with Crippen molar-refractivity contribution in [2.75, 3.05) is 13.1 Å². The summed E-state index contributed by atoms with van der Waals surface area (Å²) >= 11 is 1.22. The van der Waals surface area contributed by atoms with Gasteiger partial charge in [-0.15, -0.1) is 11.3 Å². The van der Waals surface area contributed by atoms with Gasteiger partial charge in [-0.3, -0.25) is 4.79 Å². The maximum atomic E-state index is 12.6. The number of carbonyl (C=O) groups is 1. The molecule has 0 saturated carbocycles. The zero-order chi connectivity index (χ0) is 20.6. The first-order valence-electron chi connectivity index (χ1n) is 9.68. The second kappa shape index (κ2) is 7.93. The molecule has 1 amide bonds. The lowest BCUT2D eigenvalue weighted by molar-refractivity contribution is -0.120. The van der Waals surface area contributed by atoms with Crippen LogP contribution in [0.5, 0.6) is 0 Å². The number of hydrogen-bond donors (Lipinski definition) is 1. The molecule has 1 N–H and O–H groups in total. The van der Waals surface area contributed by atoms with Crippen molar-refractivity contribution in [3.05, 3.63) is 52.1 Å². The number of aryl methyl sites for hydroxylation is 2. The predicted molar refractivity (Wildman–Crippen MR) is 114 cm³/mol. The van der Waals surface area contributed by atoms with Gasteiger partial charge in [0.25, 0.3) is 10.0 Å². The van der Waals surface area contributed by atoms with Crippen molar-refractivity contribution in [1.29, 1.82) is 0 Å². The molecule has 1 saturated heterocycles. The van der Waals surface area contributed by atoms with Crippen LogP contribution < -0.4 is 5.32 Å². The van der Waals surface area contributed by atoms with Crippen LogP contribution in [-0.2, 0) is 27.8 Å². The molecule has 8 heteroatoms. The fraction of sp³-hybridized carbons (Fsp3) is 0.381. The number of nitrogens with zero attached hydrogens (tertiary/aromatic N) is 1. The Morgan fingerprint density at radius 3 is 2.69 bits per heavy atom. The molecule has 3 aromatic rings. The number of hydrogen-bond acceptors (Lipinski definition) is 5. The Morgan fingerprint density at radius 1 is 1.17 bits per heavy atom. The second-order valence-electron chi connectivity index (χ2n) is 7.43. The minimum absolute atomic E-state index is 0.122. The van der Waals surface area contributed by atoms with E-state index in [-0.39, 0.29) is 12.3 Å². The molecule has 0 unspecified atom stereocenters. The van der Waals surface area contributed by atoms with Crippen molar-refractivity contribution >= 4 is 38.2 Å². The van der Waals surface area contributed by atoms with E-state index < -0.39 is 10.0 Å². The standard InChI is InChI=1S/C21H24N2O4S2/c1-14-5-7-18-16(13-27-21(18)15(14)2)11-19(24)22-12-17-6-8-20(28-17)29(25,26)23-9-3-4-10-23/h5-8,13H,3-4,9-12H2,1-2H3,(H,22,24). The number of amides is 1. The molecule has 154 valence electrons. The Morgan fingerprint density at radius 2 is 1.93 bits per heavy atom. The Bertz CT molecular complexity index is 1150. The SMILES string of the molecule is Cc1ccc2c(CC(=O)NCc3ccc(S(=O)(=O)N4CCCC4)s3)coc2c1C. The van der Waals surface area contributed by atoms with Gasteiger partial charge in [-0.2, -0.15) is 4.31 Å². The maximum absolute atomic E-state index is 12.6. The number of sulfonamides is 1. The number of rotatable bonds is 6. The number of benzene rings is 1. The number of furan rings is 1. The van der Waals surface area contributed by atoms with Crippen LogP contribution >= 0.6 is 11.3 Å². The van der Waals surface area contributed by atoms with Gasteiger partial charge in [0, 0.05) is 28.9 Å². The highest BCUT2D eigenvalue weighted by molar-refractivity contribution is 7.91. The van der Waals surface area contributed by atoms with E-state index in [4.69, 9.17) is 4.42 Å². The summed E-state index contributed by atoms with van der Waals surface area (Å²) in [5, 5.41) is 3.84. The third-order valence-electron chi connectivity index (χ3n) is 5.45. The summed E-state index contributed by atoms with van der Waals surface area (Å²) in [6.07, 6.45) is 3.69. The lowest BCUT2D eigenvalue weighted by atomic mass is 10.0. The lowest BCUT2D eigenvalue weighted by Gasteiger charge is -2.13. The molecule has 0 aliphatic carbocycles. The molecule has 6 nitrogen and oxygen atoms in total. The van der Waals surface area contributed by atoms with Gasteiger partial charge in [-0.25, -0.2) is 8.42 Å². The van der Waals surface area contributed by atoms with Gasteiger partial charge in [-0.1, -0.05) is 12.1 Å². The molecule has 3 heterocycles. The van der Waals surface area contributed by atoms with Crippen LogP contribution in [0.4, 0.5) is 0 Å². The number of fused-ring (bicyclic) bond motifs is 1. The highest BCUT2D eigenvalue weighted by Crippen LogP contribution is 2.28. The van der Waals surface area contributed by atoms with Crippen molar-refractivity contribution in [3.63, 3.8) is 0 Å². The average Bonchev–Trinajstić information content (AvgIpc) is 3.44. The topological polar surface area (TPSA) is 79.6 Å². The minimum atomic E-state index is -3.40. The monoisotopic (exact) mass is 432 g/mol. The smallest absolute Gasteiger partial charge is 0.252 e. The molecule has 0 radical (unpaired) electrons. The predicted octanol–water partition coefficient (Wildman–Crippen LogP) is 3.75. The summed E-state index contributed by atoms with van der Waals surface area (Å²) in [5.74, 6) is -0.122. The fourth-order valence-electron chi connectivity index (χ4n) is 3.59. The molecule has 1 aromatic carbocycles.